The van der Waals surface area contributed by atoms with Gasteiger partial charge in [-0.3, -0.25) is 0 Å². The van der Waals surface area contributed by atoms with Gasteiger partial charge in [0.25, 0.3) is 0 Å². The van der Waals surface area contributed by atoms with Gasteiger partial charge in [0.2, 0.25) is 0 Å². The number of pyridine rings is 1. The van der Waals surface area contributed by atoms with E-state index in [0.717, 1.165) is 44.4 Å². The Morgan fingerprint density at radius 2 is 1.37 bits per heavy atom. The van der Waals surface area contributed by atoms with Crippen molar-refractivity contribution in [3.8, 4) is 33.5 Å². The summed E-state index contributed by atoms with van der Waals surface area (Å²) in [6.45, 7) is 4.68. The van der Waals surface area contributed by atoms with Crippen molar-refractivity contribution in [1.29, 1.82) is 0 Å². The zero-order valence-corrected chi connectivity index (χ0v) is 22.8. The third-order valence-corrected chi connectivity index (χ3v) is 9.02. The SMILES string of the molecule is CC1(C)c2cc(-c3cn4ccccc4n3)ccc2-c2ccc(-c3c4ccccc4cc4c3oc3ccccc34)cc21. The van der Waals surface area contributed by atoms with Crippen LogP contribution >= 0.6 is 0 Å². The van der Waals surface area contributed by atoms with E-state index >= 15 is 0 Å². The average Bonchev–Trinajstić information content (AvgIpc) is 3.66. The minimum atomic E-state index is -0.159. The molecule has 0 unspecified atom stereocenters. The second-order valence-corrected chi connectivity index (χ2v) is 11.7. The molecule has 0 N–H and O–H groups in total. The van der Waals surface area contributed by atoms with Gasteiger partial charge in [-0.25, -0.2) is 4.98 Å². The molecule has 3 heterocycles. The molecule has 41 heavy (non-hydrogen) atoms. The van der Waals surface area contributed by atoms with Gasteiger partial charge in [-0.2, -0.15) is 0 Å². The van der Waals surface area contributed by atoms with E-state index in [1.54, 1.807) is 0 Å². The molecular weight excluding hydrogens is 500 g/mol. The summed E-state index contributed by atoms with van der Waals surface area (Å²) < 4.78 is 8.64. The molecule has 0 fully saturated rings. The maximum absolute atomic E-state index is 6.56. The van der Waals surface area contributed by atoms with E-state index in [-0.39, 0.29) is 5.41 Å². The van der Waals surface area contributed by atoms with E-state index in [0.29, 0.717) is 0 Å². The van der Waals surface area contributed by atoms with Gasteiger partial charge < -0.3 is 8.82 Å². The number of para-hydroxylation sites is 1. The molecule has 0 radical (unpaired) electrons. The summed E-state index contributed by atoms with van der Waals surface area (Å²) in [4.78, 5) is 4.89. The van der Waals surface area contributed by atoms with Crippen LogP contribution in [-0.2, 0) is 5.41 Å². The average molecular weight is 527 g/mol. The van der Waals surface area contributed by atoms with Crippen molar-refractivity contribution >= 4 is 38.4 Å². The lowest BCUT2D eigenvalue weighted by Crippen LogP contribution is -2.15. The number of furan rings is 1. The van der Waals surface area contributed by atoms with Crippen LogP contribution < -0.4 is 0 Å². The van der Waals surface area contributed by atoms with Crippen LogP contribution in [0.2, 0.25) is 0 Å². The third kappa shape index (κ3) is 3.12. The van der Waals surface area contributed by atoms with Gasteiger partial charge in [0, 0.05) is 39.7 Å². The monoisotopic (exact) mass is 526 g/mol. The smallest absolute Gasteiger partial charge is 0.143 e. The molecule has 0 saturated carbocycles. The molecule has 0 saturated heterocycles. The first-order valence-corrected chi connectivity index (χ1v) is 14.1. The molecule has 0 aliphatic heterocycles. The number of fused-ring (bicyclic) bond motifs is 8. The molecule has 0 amide bonds. The first kappa shape index (κ1) is 22.6. The van der Waals surface area contributed by atoms with Crippen molar-refractivity contribution in [3.05, 3.63) is 133 Å². The lowest BCUT2D eigenvalue weighted by molar-refractivity contribution is 0.660. The maximum Gasteiger partial charge on any atom is 0.143 e. The van der Waals surface area contributed by atoms with Crippen LogP contribution in [0.1, 0.15) is 25.0 Å². The molecule has 3 aromatic heterocycles. The van der Waals surface area contributed by atoms with E-state index in [1.165, 1.54) is 38.6 Å². The molecule has 1 aliphatic carbocycles. The Labute approximate surface area is 237 Å². The molecule has 1 aliphatic rings. The zero-order valence-electron chi connectivity index (χ0n) is 22.8. The minimum Gasteiger partial charge on any atom is -0.455 e. The van der Waals surface area contributed by atoms with Crippen LogP contribution in [-0.4, -0.2) is 9.38 Å². The number of imidazole rings is 1. The van der Waals surface area contributed by atoms with Crippen LogP contribution in [0, 0.1) is 0 Å². The summed E-state index contributed by atoms with van der Waals surface area (Å²) >= 11 is 0. The highest BCUT2D eigenvalue weighted by atomic mass is 16.3. The van der Waals surface area contributed by atoms with Gasteiger partial charge in [-0.15, -0.1) is 0 Å². The third-order valence-electron chi connectivity index (χ3n) is 9.02. The highest BCUT2D eigenvalue weighted by Gasteiger charge is 2.36. The van der Waals surface area contributed by atoms with E-state index in [1.807, 2.05) is 30.5 Å². The number of nitrogens with zero attached hydrogens (tertiary/aromatic N) is 2. The molecule has 9 rings (SSSR count). The summed E-state index contributed by atoms with van der Waals surface area (Å²) in [5.74, 6) is 0. The lowest BCUT2D eigenvalue weighted by Gasteiger charge is -2.22. The molecule has 194 valence electrons. The van der Waals surface area contributed by atoms with Crippen LogP contribution in [0.25, 0.3) is 71.9 Å². The molecule has 3 nitrogen and oxygen atoms in total. The van der Waals surface area contributed by atoms with Crippen LogP contribution in [0.4, 0.5) is 0 Å². The predicted molar refractivity (Wildman–Crippen MR) is 168 cm³/mol. The summed E-state index contributed by atoms with van der Waals surface area (Å²) in [6.07, 6.45) is 4.16. The Morgan fingerprint density at radius 3 is 2.20 bits per heavy atom. The predicted octanol–water partition coefficient (Wildman–Crippen LogP) is 10.0. The van der Waals surface area contributed by atoms with Crippen molar-refractivity contribution in [2.24, 2.45) is 0 Å². The molecule has 0 bridgehead atoms. The summed E-state index contributed by atoms with van der Waals surface area (Å²) in [7, 11) is 0. The normalized spacial score (nSPS) is 13.8. The topological polar surface area (TPSA) is 30.4 Å². The van der Waals surface area contributed by atoms with Crippen LogP contribution in [0.5, 0.6) is 0 Å². The second-order valence-electron chi connectivity index (χ2n) is 11.7. The minimum absolute atomic E-state index is 0.159. The Morgan fingerprint density at radius 1 is 0.659 bits per heavy atom. The van der Waals surface area contributed by atoms with Gasteiger partial charge in [-0.1, -0.05) is 86.6 Å². The van der Waals surface area contributed by atoms with Gasteiger partial charge in [0.15, 0.2) is 0 Å². The highest BCUT2D eigenvalue weighted by Crippen LogP contribution is 2.51. The van der Waals surface area contributed by atoms with Crippen LogP contribution in [0.3, 0.4) is 0 Å². The van der Waals surface area contributed by atoms with Gasteiger partial charge in [-0.05, 0) is 75.0 Å². The number of aromatic nitrogens is 2. The lowest BCUT2D eigenvalue weighted by atomic mass is 9.80. The number of benzene rings is 5. The molecule has 3 heteroatoms. The number of hydrogen-bond acceptors (Lipinski definition) is 2. The Kier molecular flexibility index (Phi) is 4.39. The van der Waals surface area contributed by atoms with Crippen molar-refractivity contribution in [2.45, 2.75) is 19.3 Å². The zero-order chi connectivity index (χ0) is 27.3. The maximum atomic E-state index is 6.56. The Hall–Kier alpha value is -5.15. The standard InChI is InChI=1S/C38H26N2O/c1-38(2)31-20-24(33-22-40-18-8-7-13-35(40)39-33)14-16-27(31)28-17-15-25(21-32(28)38)36-26-10-4-3-9-23(26)19-30-29-11-5-6-12-34(29)41-37(30)36/h3-22H,1-2H3. The highest BCUT2D eigenvalue weighted by molar-refractivity contribution is 6.18. The van der Waals surface area contributed by atoms with Crippen molar-refractivity contribution in [2.75, 3.05) is 0 Å². The van der Waals surface area contributed by atoms with E-state index in [9.17, 15) is 0 Å². The quantitative estimate of drug-likeness (QED) is 0.224. The molecular formula is C38H26N2O. The molecule has 0 spiro atoms. The Balaban J connectivity index is 1.24. The van der Waals surface area contributed by atoms with Crippen molar-refractivity contribution in [3.63, 3.8) is 0 Å². The summed E-state index contributed by atoms with van der Waals surface area (Å²) in [5, 5.41) is 4.75. The van der Waals surface area contributed by atoms with Gasteiger partial charge in [0.1, 0.15) is 16.8 Å². The first-order valence-electron chi connectivity index (χ1n) is 14.1. The van der Waals surface area contributed by atoms with Gasteiger partial charge >= 0.3 is 0 Å². The Bertz CT molecular complexity index is 2320. The molecule has 0 atom stereocenters. The summed E-state index contributed by atoms with van der Waals surface area (Å²) in [5.41, 5.74) is 12.4. The number of hydrogen-bond donors (Lipinski definition) is 0. The first-order chi connectivity index (χ1) is 20.1. The van der Waals surface area contributed by atoms with Crippen LogP contribution in [0.15, 0.2) is 126 Å². The van der Waals surface area contributed by atoms with E-state index in [2.05, 4.69) is 109 Å². The fraction of sp³-hybridized carbons (Fsp3) is 0.0789. The largest absolute Gasteiger partial charge is 0.455 e. The van der Waals surface area contributed by atoms with Gasteiger partial charge in [0.05, 0.1) is 5.69 Å². The van der Waals surface area contributed by atoms with E-state index in [4.69, 9.17) is 9.40 Å². The van der Waals surface area contributed by atoms with Crippen molar-refractivity contribution in [1.82, 2.24) is 9.38 Å². The number of rotatable bonds is 2. The second kappa shape index (κ2) is 7.96. The fourth-order valence-corrected chi connectivity index (χ4v) is 6.94. The van der Waals surface area contributed by atoms with Crippen molar-refractivity contribution < 1.29 is 4.42 Å². The molecule has 8 aromatic rings. The molecule has 5 aromatic carbocycles. The summed E-state index contributed by atoms with van der Waals surface area (Å²) in [6, 6.07) is 39.2. The van der Waals surface area contributed by atoms with E-state index < -0.39 is 0 Å². The fourth-order valence-electron chi connectivity index (χ4n) is 6.94.